The molecule has 1 radical (unpaired) electrons. The van der Waals surface area contributed by atoms with Crippen molar-refractivity contribution in [3.8, 4) is 5.75 Å². The smallest absolute Gasteiger partial charge is 0.256 e. The van der Waals surface area contributed by atoms with E-state index in [1.54, 1.807) is 0 Å². The van der Waals surface area contributed by atoms with Crippen molar-refractivity contribution in [3.05, 3.63) is 58.2 Å². The summed E-state index contributed by atoms with van der Waals surface area (Å²) in [5.41, 5.74) is -0.475. The summed E-state index contributed by atoms with van der Waals surface area (Å²) in [4.78, 5) is 1.02. The number of hydrogen-bond donors (Lipinski definition) is 0. The van der Waals surface area contributed by atoms with Crippen molar-refractivity contribution in [2.45, 2.75) is 6.43 Å². The number of nitrogens with zero attached hydrogens (tertiary/aromatic N) is 1. The number of rotatable bonds is 7. The summed E-state index contributed by atoms with van der Waals surface area (Å²) in [7, 11) is 1.47. The van der Waals surface area contributed by atoms with Crippen molar-refractivity contribution in [1.29, 1.82) is 0 Å². The molecule has 0 amide bonds. The molecule has 0 bridgehead atoms. The number of alkyl halides is 2. The van der Waals surface area contributed by atoms with Gasteiger partial charge in [0, 0.05) is 52.0 Å². The molecule has 1 heterocycles. The van der Waals surface area contributed by atoms with Gasteiger partial charge in [-0.3, -0.25) is 0 Å². The minimum atomic E-state index is -2.73. The van der Waals surface area contributed by atoms with Gasteiger partial charge in [0.2, 0.25) is 0 Å². The maximum Gasteiger partial charge on any atom is 0.256 e. The molecule has 26 heavy (non-hydrogen) atoms. The molecule has 1 aromatic carbocycles. The topological polar surface area (TPSA) is 21.7 Å². The van der Waals surface area contributed by atoms with Crippen LogP contribution < -0.4 is 4.74 Å². The van der Waals surface area contributed by atoms with E-state index in [9.17, 15) is 17.6 Å². The van der Waals surface area contributed by atoms with Crippen molar-refractivity contribution >= 4 is 21.6 Å². The van der Waals surface area contributed by atoms with E-state index in [0.717, 1.165) is 17.0 Å². The van der Waals surface area contributed by atoms with E-state index in [2.05, 4.69) is 28.6 Å². The van der Waals surface area contributed by atoms with Crippen molar-refractivity contribution in [3.63, 3.8) is 0 Å². The summed E-state index contributed by atoms with van der Waals surface area (Å²) < 4.78 is 65.0. The molecule has 0 spiro atoms. The number of benzene rings is 1. The van der Waals surface area contributed by atoms with Gasteiger partial charge in [-0.05, 0) is 11.3 Å². The van der Waals surface area contributed by atoms with E-state index in [1.165, 1.54) is 13.2 Å². The van der Waals surface area contributed by atoms with E-state index < -0.39 is 30.2 Å². The number of methoxy groups -OCH3 is 1. The minimum absolute atomic E-state index is 0. The van der Waals surface area contributed by atoms with Crippen LogP contribution in [0.5, 0.6) is 5.75 Å². The van der Waals surface area contributed by atoms with Gasteiger partial charge in [-0.15, -0.1) is 15.9 Å². The monoisotopic (exact) mass is 509 g/mol. The summed E-state index contributed by atoms with van der Waals surface area (Å²) in [6, 6.07) is 1.97. The summed E-state index contributed by atoms with van der Waals surface area (Å²) in [6.45, 7) is 3.27. The predicted molar refractivity (Wildman–Crippen MR) is 89.2 cm³/mol. The van der Waals surface area contributed by atoms with Gasteiger partial charge in [0.25, 0.3) is 6.43 Å². The molecule has 0 saturated carbocycles. The quantitative estimate of drug-likeness (QED) is 0.307. The molecule has 1 aliphatic heterocycles. The van der Waals surface area contributed by atoms with Crippen LogP contribution in [0.25, 0.3) is 5.70 Å². The third-order valence-corrected chi connectivity index (χ3v) is 4.02. The number of ether oxygens (including phenoxy) is 2. The molecule has 0 N–H and O–H groups in total. The fourth-order valence-corrected chi connectivity index (χ4v) is 2.53. The fourth-order valence-electron chi connectivity index (χ4n) is 2.21. The van der Waals surface area contributed by atoms with Gasteiger partial charge < -0.3 is 14.4 Å². The van der Waals surface area contributed by atoms with Gasteiger partial charge in [-0.2, -0.15) is 12.2 Å². The molecular weight excluding hydrogens is 495 g/mol. The van der Waals surface area contributed by atoms with Gasteiger partial charge in [0.15, 0.2) is 0 Å². The Balaban J connectivity index is 0.00000338. The summed E-state index contributed by atoms with van der Waals surface area (Å²) in [6.07, 6.45) is 1.27. The largest absolute Gasteiger partial charge is 0.491 e. The number of allylic oxidation sites excluding steroid dienone is 3. The second kappa shape index (κ2) is 10.6. The molecule has 0 unspecified atom stereocenters. The van der Waals surface area contributed by atoms with Crippen LogP contribution in [-0.4, -0.2) is 38.2 Å². The predicted octanol–water partition coefficient (Wildman–Crippen LogP) is 4.50. The van der Waals surface area contributed by atoms with E-state index in [1.807, 2.05) is 0 Å². The molecule has 3 nitrogen and oxygen atoms in total. The van der Waals surface area contributed by atoms with E-state index in [4.69, 9.17) is 9.47 Å². The maximum absolute atomic E-state index is 14.5. The van der Waals surface area contributed by atoms with Crippen molar-refractivity contribution < 1.29 is 59.7 Å². The first-order chi connectivity index (χ1) is 11.8. The second-order valence-corrected chi connectivity index (χ2v) is 5.89. The van der Waals surface area contributed by atoms with Gasteiger partial charge in [-0.25, -0.2) is 17.6 Å². The molecule has 0 atom stereocenters. The van der Waals surface area contributed by atoms with Crippen LogP contribution >= 0.6 is 15.9 Å². The van der Waals surface area contributed by atoms with E-state index in [-0.39, 0.29) is 63.1 Å². The Morgan fingerprint density at radius 3 is 2.38 bits per heavy atom. The average molecular weight is 510 g/mol. The third-order valence-electron chi connectivity index (χ3n) is 3.34. The molecule has 0 fully saturated rings. The van der Waals surface area contributed by atoms with Crippen molar-refractivity contribution in [2.24, 2.45) is 0 Å². The first-order valence-corrected chi connectivity index (χ1v) is 7.99. The first kappa shape index (κ1) is 23.3. The van der Waals surface area contributed by atoms with Crippen LogP contribution in [0.2, 0.25) is 0 Å². The van der Waals surface area contributed by atoms with Crippen LogP contribution in [-0.2, 0) is 37.4 Å². The molecule has 0 saturated heterocycles. The number of hydrogen-bond acceptors (Lipinski definition) is 3. The summed E-state index contributed by atoms with van der Waals surface area (Å²) in [5, 5.41) is 0. The second-order valence-electron chi connectivity index (χ2n) is 5.04. The Morgan fingerprint density at radius 2 is 1.85 bits per heavy atom. The molecule has 9 heteroatoms. The standard InChI is InChI=1S/C17H15BrF4NO2.Y/c1-10-12(18)3-4-15(23(10)9-16(21)22)17-13(19)7-11(8-14(17)20)25-6-5-24-2;/h3,7-8,16H,1,5-6,9H2,2H3;/q-1;. The first-order valence-electron chi connectivity index (χ1n) is 7.20. The molecule has 1 aliphatic rings. The third kappa shape index (κ3) is 5.65. The Kier molecular flexibility index (Phi) is 9.51. The van der Waals surface area contributed by atoms with Crippen LogP contribution in [0.3, 0.4) is 0 Å². The SMILES string of the molecule is C=C1C(Br)=C[C-]=C(c2c(F)cc(OCCOC)cc2F)N1CC(F)F.[Y]. The molecule has 2 rings (SSSR count). The van der Waals surface area contributed by atoms with E-state index >= 15 is 0 Å². The van der Waals surface area contributed by atoms with Crippen LogP contribution in [0.1, 0.15) is 5.56 Å². The fraction of sp³-hybridized carbons (Fsp3) is 0.294. The molecule has 0 aromatic heterocycles. The molecule has 0 aliphatic carbocycles. The molecule has 1 aromatic rings. The van der Waals surface area contributed by atoms with Gasteiger partial charge >= 0.3 is 0 Å². The van der Waals surface area contributed by atoms with Crippen molar-refractivity contribution in [1.82, 2.24) is 4.90 Å². The Labute approximate surface area is 182 Å². The summed E-state index contributed by atoms with van der Waals surface area (Å²) >= 11 is 3.15. The minimum Gasteiger partial charge on any atom is -0.491 e. The van der Waals surface area contributed by atoms with Gasteiger partial charge in [0.1, 0.15) is 12.4 Å². The number of halogens is 5. The average Bonchev–Trinajstić information content (AvgIpc) is 2.53. The van der Waals surface area contributed by atoms with E-state index in [0.29, 0.717) is 4.48 Å². The zero-order chi connectivity index (χ0) is 18.6. The molecular formula is C17H15BrF4NO2Y-. The summed E-state index contributed by atoms with van der Waals surface area (Å²) in [5.74, 6) is -1.93. The Hall–Kier alpha value is -0.696. The normalized spacial score (nSPS) is 14.1. The van der Waals surface area contributed by atoms with Crippen LogP contribution in [0, 0.1) is 17.7 Å². The molecule has 139 valence electrons. The van der Waals surface area contributed by atoms with Crippen LogP contribution in [0.4, 0.5) is 17.6 Å². The van der Waals surface area contributed by atoms with Gasteiger partial charge in [-0.1, -0.05) is 16.8 Å². The zero-order valence-corrected chi connectivity index (χ0v) is 18.3. The zero-order valence-electron chi connectivity index (χ0n) is 13.9. The van der Waals surface area contributed by atoms with Gasteiger partial charge in [0.05, 0.1) is 24.8 Å². The van der Waals surface area contributed by atoms with Crippen molar-refractivity contribution in [2.75, 3.05) is 26.9 Å². The Morgan fingerprint density at radius 1 is 1.23 bits per heavy atom. The van der Waals surface area contributed by atoms with Crippen LogP contribution in [0.15, 0.2) is 35.0 Å². The Bertz CT molecular complexity index is 702. The maximum atomic E-state index is 14.5.